The van der Waals surface area contributed by atoms with E-state index in [0.29, 0.717) is 0 Å². The molecule has 1 amide bonds. The topological polar surface area (TPSA) is 54.0 Å². The van der Waals surface area contributed by atoms with Crippen molar-refractivity contribution in [1.82, 2.24) is 10.3 Å². The third kappa shape index (κ3) is 2.63. The molecule has 0 aliphatic carbocycles. The molecule has 0 aliphatic heterocycles. The maximum absolute atomic E-state index is 13.1. The molecule has 1 aromatic heterocycles. The first-order chi connectivity index (χ1) is 7.88. The number of carbonyl (C=O) groups excluding carboxylic acids is 1. The second kappa shape index (κ2) is 4.98. The van der Waals surface area contributed by atoms with Crippen LogP contribution in [0.15, 0.2) is 0 Å². The molecule has 0 saturated heterocycles. The number of aromatic nitrogens is 1. The standard InChI is InChI=1S/C9H9F4N3O/c1-3(9(17)14-2)15-6-4(10)7(12)16-8(13)5(6)11/h3H,1-2H3,(H,14,17)(H,15,16). The maximum atomic E-state index is 13.1. The van der Waals surface area contributed by atoms with E-state index in [0.717, 1.165) is 0 Å². The van der Waals surface area contributed by atoms with Gasteiger partial charge in [-0.2, -0.15) is 22.5 Å². The molecule has 1 atom stereocenters. The highest BCUT2D eigenvalue weighted by molar-refractivity contribution is 5.83. The average molecular weight is 251 g/mol. The number of anilines is 1. The van der Waals surface area contributed by atoms with Crippen LogP contribution in [0.2, 0.25) is 0 Å². The molecule has 94 valence electrons. The lowest BCUT2D eigenvalue weighted by Crippen LogP contribution is -2.36. The number of nitrogens with one attached hydrogen (secondary N) is 2. The van der Waals surface area contributed by atoms with Gasteiger partial charge in [-0.25, -0.2) is 0 Å². The number of amides is 1. The zero-order valence-corrected chi connectivity index (χ0v) is 8.94. The van der Waals surface area contributed by atoms with Gasteiger partial charge in [0.05, 0.1) is 0 Å². The van der Waals surface area contributed by atoms with Crippen molar-refractivity contribution in [2.45, 2.75) is 13.0 Å². The van der Waals surface area contributed by atoms with Gasteiger partial charge in [0.1, 0.15) is 11.7 Å². The van der Waals surface area contributed by atoms with Crippen molar-refractivity contribution in [2.24, 2.45) is 0 Å². The molecule has 4 nitrogen and oxygen atoms in total. The van der Waals surface area contributed by atoms with E-state index in [1.807, 2.05) is 5.32 Å². The maximum Gasteiger partial charge on any atom is 0.253 e. The molecular formula is C9H9F4N3O. The second-order valence-corrected chi connectivity index (χ2v) is 3.18. The molecule has 8 heteroatoms. The molecule has 0 aliphatic rings. The Labute approximate surface area is 94.0 Å². The molecular weight excluding hydrogens is 242 g/mol. The van der Waals surface area contributed by atoms with Crippen LogP contribution in [-0.4, -0.2) is 24.0 Å². The third-order valence-corrected chi connectivity index (χ3v) is 2.00. The van der Waals surface area contributed by atoms with E-state index in [4.69, 9.17) is 0 Å². The molecule has 17 heavy (non-hydrogen) atoms. The normalized spacial score (nSPS) is 12.1. The molecule has 0 saturated carbocycles. The van der Waals surface area contributed by atoms with Crippen molar-refractivity contribution < 1.29 is 22.4 Å². The summed E-state index contributed by atoms with van der Waals surface area (Å²) in [4.78, 5) is 13.5. The van der Waals surface area contributed by atoms with E-state index in [-0.39, 0.29) is 0 Å². The van der Waals surface area contributed by atoms with Crippen LogP contribution in [0, 0.1) is 23.5 Å². The summed E-state index contributed by atoms with van der Waals surface area (Å²) in [6.07, 6.45) is 0. The van der Waals surface area contributed by atoms with Crippen LogP contribution >= 0.6 is 0 Å². The van der Waals surface area contributed by atoms with Crippen LogP contribution in [-0.2, 0) is 4.79 Å². The van der Waals surface area contributed by atoms with Gasteiger partial charge >= 0.3 is 0 Å². The zero-order valence-electron chi connectivity index (χ0n) is 8.94. The van der Waals surface area contributed by atoms with Crippen LogP contribution < -0.4 is 10.6 Å². The third-order valence-electron chi connectivity index (χ3n) is 2.00. The Morgan fingerprint density at radius 2 is 1.65 bits per heavy atom. The monoisotopic (exact) mass is 251 g/mol. The minimum atomic E-state index is -1.78. The summed E-state index contributed by atoms with van der Waals surface area (Å²) in [7, 11) is 1.31. The summed E-state index contributed by atoms with van der Waals surface area (Å²) in [6, 6.07) is -1.06. The lowest BCUT2D eigenvalue weighted by Gasteiger charge is -2.14. The van der Waals surface area contributed by atoms with Gasteiger partial charge in [0.15, 0.2) is 0 Å². The highest BCUT2D eigenvalue weighted by Gasteiger charge is 2.23. The van der Waals surface area contributed by atoms with E-state index in [2.05, 4.69) is 10.3 Å². The lowest BCUT2D eigenvalue weighted by molar-refractivity contribution is -0.121. The van der Waals surface area contributed by atoms with Crippen LogP contribution in [0.3, 0.4) is 0 Å². The fourth-order valence-corrected chi connectivity index (χ4v) is 1.11. The van der Waals surface area contributed by atoms with Gasteiger partial charge in [0.2, 0.25) is 17.5 Å². The van der Waals surface area contributed by atoms with Gasteiger partial charge in [-0.3, -0.25) is 4.79 Å². The Morgan fingerprint density at radius 3 is 2.06 bits per heavy atom. The number of likely N-dealkylation sites (N-methyl/N-ethyl adjacent to an activating group) is 1. The van der Waals surface area contributed by atoms with Crippen LogP contribution in [0.5, 0.6) is 0 Å². The molecule has 0 aromatic carbocycles. The number of pyridine rings is 1. The Morgan fingerprint density at radius 1 is 1.18 bits per heavy atom. The van der Waals surface area contributed by atoms with Gasteiger partial charge in [0, 0.05) is 7.05 Å². The molecule has 1 unspecified atom stereocenters. The highest BCUT2D eigenvalue weighted by atomic mass is 19.2. The Bertz CT molecular complexity index is 426. The Kier molecular flexibility index (Phi) is 3.87. The smallest absolute Gasteiger partial charge is 0.253 e. The van der Waals surface area contributed by atoms with E-state index in [1.54, 1.807) is 0 Å². The van der Waals surface area contributed by atoms with Crippen molar-refractivity contribution in [3.05, 3.63) is 23.5 Å². The first-order valence-corrected chi connectivity index (χ1v) is 4.56. The quantitative estimate of drug-likeness (QED) is 0.626. The van der Waals surface area contributed by atoms with Crippen LogP contribution in [0.4, 0.5) is 23.2 Å². The Hall–Kier alpha value is -1.86. The van der Waals surface area contributed by atoms with Gasteiger partial charge in [0.25, 0.3) is 11.9 Å². The van der Waals surface area contributed by atoms with E-state index < -0.39 is 41.2 Å². The second-order valence-electron chi connectivity index (χ2n) is 3.18. The van der Waals surface area contributed by atoms with Crippen LogP contribution in [0.25, 0.3) is 0 Å². The molecule has 2 N–H and O–H groups in total. The molecule has 0 radical (unpaired) electrons. The minimum Gasteiger partial charge on any atom is -0.369 e. The summed E-state index contributed by atoms with van der Waals surface area (Å²) in [6.45, 7) is 1.27. The summed E-state index contributed by atoms with van der Waals surface area (Å²) >= 11 is 0. The van der Waals surface area contributed by atoms with Gasteiger partial charge < -0.3 is 10.6 Å². The SMILES string of the molecule is CNC(=O)C(C)Nc1c(F)c(F)nc(F)c1F. The molecule has 0 fully saturated rings. The van der Waals surface area contributed by atoms with E-state index in [9.17, 15) is 22.4 Å². The average Bonchev–Trinajstić information content (AvgIpc) is 2.30. The largest absolute Gasteiger partial charge is 0.369 e. The first-order valence-electron chi connectivity index (χ1n) is 4.56. The number of carbonyl (C=O) groups is 1. The zero-order chi connectivity index (χ0) is 13.2. The van der Waals surface area contributed by atoms with Gasteiger partial charge in [-0.05, 0) is 6.92 Å². The van der Waals surface area contributed by atoms with Crippen molar-refractivity contribution >= 4 is 11.6 Å². The van der Waals surface area contributed by atoms with Crippen molar-refractivity contribution in [3.63, 3.8) is 0 Å². The van der Waals surface area contributed by atoms with E-state index in [1.165, 1.54) is 14.0 Å². The highest BCUT2D eigenvalue weighted by Crippen LogP contribution is 2.22. The number of hydrogen-bond acceptors (Lipinski definition) is 3. The molecule has 0 bridgehead atoms. The fraction of sp³-hybridized carbons (Fsp3) is 0.333. The Balaban J connectivity index is 3.10. The van der Waals surface area contributed by atoms with Gasteiger partial charge in [-0.15, -0.1) is 0 Å². The molecule has 1 rings (SSSR count). The van der Waals surface area contributed by atoms with Crippen molar-refractivity contribution in [1.29, 1.82) is 0 Å². The van der Waals surface area contributed by atoms with Crippen molar-refractivity contribution in [2.75, 3.05) is 12.4 Å². The predicted octanol–water partition coefficient (Wildman–Crippen LogP) is 1.18. The number of rotatable bonds is 3. The van der Waals surface area contributed by atoms with E-state index >= 15 is 0 Å². The summed E-state index contributed by atoms with van der Waals surface area (Å²) in [5.74, 6) is -7.52. The molecule has 0 spiro atoms. The summed E-state index contributed by atoms with van der Waals surface area (Å²) < 4.78 is 51.7. The number of hydrogen-bond donors (Lipinski definition) is 2. The number of nitrogens with zero attached hydrogens (tertiary/aromatic N) is 1. The lowest BCUT2D eigenvalue weighted by atomic mass is 10.2. The molecule has 1 heterocycles. The molecule has 1 aromatic rings. The number of halogens is 4. The van der Waals surface area contributed by atoms with Gasteiger partial charge in [-0.1, -0.05) is 0 Å². The predicted molar refractivity (Wildman–Crippen MR) is 51.2 cm³/mol. The fourth-order valence-electron chi connectivity index (χ4n) is 1.11. The van der Waals surface area contributed by atoms with Crippen LogP contribution in [0.1, 0.15) is 6.92 Å². The summed E-state index contributed by atoms with van der Waals surface area (Å²) in [5.41, 5.74) is -1.06. The minimum absolute atomic E-state index is 0.596. The first kappa shape index (κ1) is 13.2. The summed E-state index contributed by atoms with van der Waals surface area (Å²) in [5, 5.41) is 4.23. The van der Waals surface area contributed by atoms with Crippen molar-refractivity contribution in [3.8, 4) is 0 Å².